The second-order valence-electron chi connectivity index (χ2n) is 4.89. The molecule has 0 radical (unpaired) electrons. The maximum atomic E-state index is 11.0. The molecule has 0 spiro atoms. The number of aromatic nitrogens is 5. The van der Waals surface area contributed by atoms with Crippen LogP contribution in [-0.4, -0.2) is 35.2 Å². The Kier molecular flexibility index (Phi) is 4.35. The maximum absolute atomic E-state index is 11.0. The highest BCUT2D eigenvalue weighted by molar-refractivity contribution is 9.10. The molecule has 0 saturated carbocycles. The standard InChI is InChI=1S/C13H13BrN6O2S/c1-7-9(14)5-10-12(16-7)18-13(17-10)23-4-3-19-8(2)15-6-11(19)20(21)22/h5-6H,3-4H2,1-2H3,(H,16,17,18). The summed E-state index contributed by atoms with van der Waals surface area (Å²) in [6.07, 6.45) is 1.28. The monoisotopic (exact) mass is 396 g/mol. The van der Waals surface area contributed by atoms with Crippen molar-refractivity contribution >= 4 is 44.7 Å². The van der Waals surface area contributed by atoms with Crippen LogP contribution in [0.4, 0.5) is 5.82 Å². The quantitative estimate of drug-likeness (QED) is 0.403. The number of halogens is 1. The lowest BCUT2D eigenvalue weighted by atomic mass is 10.3. The van der Waals surface area contributed by atoms with Crippen molar-refractivity contribution in [2.24, 2.45) is 0 Å². The molecule has 1 N–H and O–H groups in total. The van der Waals surface area contributed by atoms with E-state index in [1.165, 1.54) is 18.0 Å². The van der Waals surface area contributed by atoms with Gasteiger partial charge in [0.05, 0.1) is 11.2 Å². The van der Waals surface area contributed by atoms with Gasteiger partial charge in [-0.3, -0.25) is 0 Å². The predicted molar refractivity (Wildman–Crippen MR) is 90.7 cm³/mol. The summed E-state index contributed by atoms with van der Waals surface area (Å²) in [6.45, 7) is 4.15. The van der Waals surface area contributed by atoms with E-state index in [2.05, 4.69) is 35.9 Å². The summed E-state index contributed by atoms with van der Waals surface area (Å²) in [5, 5.41) is 11.7. The van der Waals surface area contributed by atoms with Crippen LogP contribution in [0.3, 0.4) is 0 Å². The van der Waals surface area contributed by atoms with Crippen molar-refractivity contribution in [2.45, 2.75) is 25.5 Å². The van der Waals surface area contributed by atoms with Crippen LogP contribution in [0.1, 0.15) is 11.5 Å². The number of aromatic amines is 1. The highest BCUT2D eigenvalue weighted by atomic mass is 79.9. The van der Waals surface area contributed by atoms with Gasteiger partial charge >= 0.3 is 5.82 Å². The highest BCUT2D eigenvalue weighted by Gasteiger charge is 2.17. The summed E-state index contributed by atoms with van der Waals surface area (Å²) in [5.41, 5.74) is 2.40. The van der Waals surface area contributed by atoms with E-state index in [1.54, 1.807) is 11.5 Å². The smallest absolute Gasteiger partial charge is 0.342 e. The predicted octanol–water partition coefficient (Wildman–Crippen LogP) is 3.23. The number of nitro groups is 1. The van der Waals surface area contributed by atoms with E-state index in [1.807, 2.05) is 13.0 Å². The molecule has 0 unspecified atom stereocenters. The van der Waals surface area contributed by atoms with Crippen LogP contribution in [-0.2, 0) is 6.54 Å². The zero-order valence-corrected chi connectivity index (χ0v) is 14.8. The van der Waals surface area contributed by atoms with Crippen LogP contribution in [0.25, 0.3) is 11.2 Å². The van der Waals surface area contributed by atoms with Crippen molar-refractivity contribution in [3.05, 3.63) is 38.4 Å². The molecule has 10 heteroatoms. The number of nitrogens with zero attached hydrogens (tertiary/aromatic N) is 5. The average Bonchev–Trinajstić information content (AvgIpc) is 3.03. The molecule has 3 aromatic heterocycles. The summed E-state index contributed by atoms with van der Waals surface area (Å²) >= 11 is 4.93. The number of nitrogens with one attached hydrogen (secondary N) is 1. The van der Waals surface area contributed by atoms with Crippen molar-refractivity contribution < 1.29 is 4.92 Å². The summed E-state index contributed by atoms with van der Waals surface area (Å²) in [4.78, 5) is 26.6. The zero-order chi connectivity index (χ0) is 16.6. The molecule has 120 valence electrons. The Morgan fingerprint density at radius 3 is 2.96 bits per heavy atom. The fraction of sp³-hybridized carbons (Fsp3) is 0.308. The Hall–Kier alpha value is -1.94. The van der Waals surface area contributed by atoms with E-state index in [0.717, 1.165) is 20.8 Å². The van der Waals surface area contributed by atoms with Gasteiger partial charge in [0.1, 0.15) is 12.7 Å². The lowest BCUT2D eigenvalue weighted by Gasteiger charge is -2.01. The Balaban J connectivity index is 1.72. The van der Waals surface area contributed by atoms with E-state index in [0.29, 0.717) is 23.8 Å². The summed E-state index contributed by atoms with van der Waals surface area (Å²) < 4.78 is 2.52. The van der Waals surface area contributed by atoms with E-state index in [4.69, 9.17) is 0 Å². The van der Waals surface area contributed by atoms with Crippen LogP contribution < -0.4 is 0 Å². The third kappa shape index (κ3) is 3.22. The van der Waals surface area contributed by atoms with Gasteiger partial charge in [0.15, 0.2) is 16.6 Å². The fourth-order valence-corrected chi connectivity index (χ4v) is 3.28. The molecule has 23 heavy (non-hydrogen) atoms. The first kappa shape index (κ1) is 15.9. The minimum absolute atomic E-state index is 0.00827. The molecule has 0 aliphatic rings. The molecule has 0 atom stereocenters. The van der Waals surface area contributed by atoms with Gasteiger partial charge < -0.3 is 15.1 Å². The molecule has 0 fully saturated rings. The molecule has 3 heterocycles. The lowest BCUT2D eigenvalue weighted by molar-refractivity contribution is -0.392. The van der Waals surface area contributed by atoms with E-state index < -0.39 is 4.92 Å². The number of hydrogen-bond acceptors (Lipinski definition) is 6. The first-order valence-corrected chi connectivity index (χ1v) is 8.55. The minimum atomic E-state index is -0.421. The molecule has 3 rings (SSSR count). The van der Waals surface area contributed by atoms with Gasteiger partial charge in [-0.1, -0.05) is 11.8 Å². The minimum Gasteiger partial charge on any atom is -0.358 e. The first-order chi connectivity index (χ1) is 11.0. The molecule has 0 saturated heterocycles. The van der Waals surface area contributed by atoms with Crippen LogP contribution in [0.5, 0.6) is 0 Å². The summed E-state index contributed by atoms with van der Waals surface area (Å²) in [7, 11) is 0. The van der Waals surface area contributed by atoms with E-state index in [9.17, 15) is 10.1 Å². The second kappa shape index (κ2) is 6.28. The van der Waals surface area contributed by atoms with Gasteiger partial charge in [-0.05, 0) is 33.8 Å². The number of imidazole rings is 2. The Morgan fingerprint density at radius 2 is 2.22 bits per heavy atom. The lowest BCUT2D eigenvalue weighted by Crippen LogP contribution is -2.06. The van der Waals surface area contributed by atoms with Gasteiger partial charge in [-0.25, -0.2) is 19.5 Å². The number of hydrogen-bond donors (Lipinski definition) is 1. The van der Waals surface area contributed by atoms with Crippen molar-refractivity contribution in [3.63, 3.8) is 0 Å². The fourth-order valence-electron chi connectivity index (χ4n) is 2.17. The van der Waals surface area contributed by atoms with Gasteiger partial charge in [0.25, 0.3) is 0 Å². The zero-order valence-electron chi connectivity index (χ0n) is 12.4. The van der Waals surface area contributed by atoms with Gasteiger partial charge in [0, 0.05) is 17.1 Å². The average molecular weight is 397 g/mol. The van der Waals surface area contributed by atoms with E-state index in [-0.39, 0.29) is 5.82 Å². The largest absolute Gasteiger partial charge is 0.358 e. The number of thioether (sulfide) groups is 1. The molecule has 0 aromatic carbocycles. The first-order valence-electron chi connectivity index (χ1n) is 6.78. The molecule has 0 aliphatic heterocycles. The summed E-state index contributed by atoms with van der Waals surface area (Å²) in [6, 6.07) is 1.94. The van der Waals surface area contributed by atoms with Crippen molar-refractivity contribution in [1.29, 1.82) is 0 Å². The van der Waals surface area contributed by atoms with E-state index >= 15 is 0 Å². The number of H-pyrrole nitrogens is 1. The molecular formula is C13H13BrN6O2S. The second-order valence-corrected chi connectivity index (χ2v) is 6.83. The number of fused-ring (bicyclic) bond motifs is 1. The topological polar surface area (TPSA) is 103 Å². The van der Waals surface area contributed by atoms with Crippen molar-refractivity contribution in [2.75, 3.05) is 5.75 Å². The molecular weight excluding hydrogens is 384 g/mol. The number of aryl methyl sites for hydroxylation is 2. The van der Waals surface area contributed by atoms with Crippen LogP contribution in [0.2, 0.25) is 0 Å². The third-order valence-corrected chi connectivity index (χ3v) is 5.01. The molecule has 0 aliphatic carbocycles. The summed E-state index contributed by atoms with van der Waals surface area (Å²) in [5.74, 6) is 1.27. The van der Waals surface area contributed by atoms with Gasteiger partial charge in [-0.15, -0.1) is 0 Å². The molecule has 0 bridgehead atoms. The van der Waals surface area contributed by atoms with Gasteiger partial charge in [0.2, 0.25) is 0 Å². The third-order valence-electron chi connectivity index (χ3n) is 3.36. The molecule has 0 amide bonds. The molecule has 3 aromatic rings. The van der Waals surface area contributed by atoms with Crippen LogP contribution in [0.15, 0.2) is 21.9 Å². The van der Waals surface area contributed by atoms with Crippen LogP contribution >= 0.6 is 27.7 Å². The Bertz CT molecular complexity index is 851. The molecule has 8 nitrogen and oxygen atoms in total. The maximum Gasteiger partial charge on any atom is 0.342 e. The Morgan fingerprint density at radius 1 is 1.43 bits per heavy atom. The number of pyridine rings is 1. The van der Waals surface area contributed by atoms with Crippen molar-refractivity contribution in [1.82, 2.24) is 24.5 Å². The normalized spacial score (nSPS) is 11.3. The highest BCUT2D eigenvalue weighted by Crippen LogP contribution is 2.23. The van der Waals surface area contributed by atoms with Crippen molar-refractivity contribution in [3.8, 4) is 0 Å². The number of rotatable bonds is 5. The van der Waals surface area contributed by atoms with Gasteiger partial charge in [-0.2, -0.15) is 0 Å². The Labute approximate surface area is 144 Å². The SMILES string of the molecule is Cc1nc2nc(SCCn3c([N+](=O)[O-])cnc3C)[nH]c2cc1Br. The van der Waals surface area contributed by atoms with Crippen LogP contribution in [0, 0.1) is 24.0 Å².